The Morgan fingerprint density at radius 1 is 1.40 bits per heavy atom. The average molecular weight is 310 g/mol. The number of hydrogen-bond donors (Lipinski definition) is 1. The van der Waals surface area contributed by atoms with E-state index in [0.29, 0.717) is 5.02 Å². The molecule has 2 aromatic rings. The molecule has 0 radical (unpaired) electrons. The number of aromatic nitrogens is 2. The van der Waals surface area contributed by atoms with Crippen LogP contribution in [0.3, 0.4) is 0 Å². The van der Waals surface area contributed by atoms with E-state index in [1.807, 2.05) is 39.0 Å². The quantitative estimate of drug-likeness (QED) is 0.880. The normalized spacial score (nSPS) is 13.8. The summed E-state index contributed by atoms with van der Waals surface area (Å²) < 4.78 is 15.7. The molecule has 20 heavy (non-hydrogen) atoms. The summed E-state index contributed by atoms with van der Waals surface area (Å²) in [7, 11) is -1.30. The summed E-state index contributed by atoms with van der Waals surface area (Å²) in [6.07, 6.45) is 5.06. The monoisotopic (exact) mass is 309 g/mol. The molecule has 106 valence electrons. The van der Waals surface area contributed by atoms with E-state index in [0.717, 1.165) is 16.7 Å². The Balaban J connectivity index is 2.41. The second kappa shape index (κ2) is 5.89. The number of rotatable bonds is 3. The van der Waals surface area contributed by atoms with Crippen molar-refractivity contribution < 1.29 is 4.21 Å². The first-order chi connectivity index (χ1) is 9.39. The number of nitrogens with zero attached hydrogens (tertiary/aromatic N) is 2. The minimum Gasteiger partial charge on any atom is -0.285 e. The van der Waals surface area contributed by atoms with E-state index < -0.39 is 11.0 Å². The molecule has 1 N–H and O–H groups in total. The molecular weight excluding hydrogens is 294 g/mol. The molecule has 0 amide bonds. The van der Waals surface area contributed by atoms with Gasteiger partial charge in [-0.25, -0.2) is 4.21 Å². The maximum Gasteiger partial charge on any atom is 0.144 e. The van der Waals surface area contributed by atoms with Crippen molar-refractivity contribution in [3.8, 4) is 11.1 Å². The second-order valence-electron chi connectivity index (χ2n) is 5.29. The highest BCUT2D eigenvalue weighted by atomic mass is 35.5. The Morgan fingerprint density at radius 2 is 2.15 bits per heavy atom. The van der Waals surface area contributed by atoms with Crippen LogP contribution in [0.15, 0.2) is 35.0 Å². The second-order valence-corrected chi connectivity index (χ2v) is 7.63. The van der Waals surface area contributed by atoms with Gasteiger partial charge in [0.05, 0.1) is 10.9 Å². The van der Waals surface area contributed by atoms with Gasteiger partial charge < -0.3 is 0 Å². The van der Waals surface area contributed by atoms with Crippen molar-refractivity contribution in [1.29, 1.82) is 0 Å². The highest BCUT2D eigenvalue weighted by molar-refractivity contribution is 7.85. The van der Waals surface area contributed by atoms with E-state index in [-0.39, 0.29) is 4.75 Å². The molecule has 1 unspecified atom stereocenters. The fourth-order valence-electron chi connectivity index (χ4n) is 1.60. The van der Waals surface area contributed by atoms with Gasteiger partial charge in [0.1, 0.15) is 11.0 Å². The third kappa shape index (κ3) is 3.35. The molecule has 1 aromatic carbocycles. The van der Waals surface area contributed by atoms with E-state index >= 15 is 0 Å². The Labute approximate surface area is 125 Å². The topological polar surface area (TPSA) is 58.1 Å². The van der Waals surface area contributed by atoms with Gasteiger partial charge in [-0.05, 0) is 26.8 Å². The lowest BCUT2D eigenvalue weighted by Crippen LogP contribution is -2.19. The summed E-state index contributed by atoms with van der Waals surface area (Å²) >= 11 is 6.25. The van der Waals surface area contributed by atoms with Crippen molar-refractivity contribution in [2.45, 2.75) is 25.5 Å². The highest BCUT2D eigenvalue weighted by Crippen LogP contribution is 2.30. The lowest BCUT2D eigenvalue weighted by molar-refractivity contribution is 0.651. The fourth-order valence-corrected chi connectivity index (χ4v) is 2.42. The first-order valence-corrected chi connectivity index (χ1v) is 7.62. The molecule has 0 aliphatic carbocycles. The lowest BCUT2D eigenvalue weighted by atomic mass is 10.0. The van der Waals surface area contributed by atoms with Gasteiger partial charge in [-0.3, -0.25) is 5.10 Å². The molecule has 0 saturated carbocycles. The van der Waals surface area contributed by atoms with Crippen LogP contribution in [0, 0.1) is 0 Å². The van der Waals surface area contributed by atoms with Crippen LogP contribution in [0.5, 0.6) is 0 Å². The molecule has 2 rings (SSSR count). The molecule has 0 aliphatic rings. The molecule has 1 atom stereocenters. The Morgan fingerprint density at radius 3 is 2.75 bits per heavy atom. The van der Waals surface area contributed by atoms with Gasteiger partial charge in [0.15, 0.2) is 0 Å². The van der Waals surface area contributed by atoms with Gasteiger partial charge in [-0.1, -0.05) is 23.7 Å². The average Bonchev–Trinajstić information content (AvgIpc) is 2.88. The van der Waals surface area contributed by atoms with Crippen LogP contribution in [-0.4, -0.2) is 25.4 Å². The Kier molecular flexibility index (Phi) is 4.40. The zero-order valence-electron chi connectivity index (χ0n) is 11.6. The van der Waals surface area contributed by atoms with Gasteiger partial charge >= 0.3 is 0 Å². The third-order valence-corrected chi connectivity index (χ3v) is 4.30. The van der Waals surface area contributed by atoms with Crippen molar-refractivity contribution in [3.63, 3.8) is 0 Å². The number of aromatic amines is 1. The summed E-state index contributed by atoms with van der Waals surface area (Å²) in [5.74, 6) is 0. The minimum absolute atomic E-state index is 0.384. The van der Waals surface area contributed by atoms with Gasteiger partial charge in [0.25, 0.3) is 0 Å². The van der Waals surface area contributed by atoms with Crippen molar-refractivity contribution in [2.75, 3.05) is 0 Å². The molecule has 0 fully saturated rings. The SMILES string of the molecule is CC(C)(C)S(=O)/N=C/c1cccc(Cl)c1-c1cn[nH]c1. The van der Waals surface area contributed by atoms with Crippen molar-refractivity contribution >= 4 is 28.8 Å². The zero-order valence-corrected chi connectivity index (χ0v) is 13.1. The highest BCUT2D eigenvalue weighted by Gasteiger charge is 2.18. The predicted octanol–water partition coefficient (Wildman–Crippen LogP) is 3.61. The summed E-state index contributed by atoms with van der Waals surface area (Å²) in [6, 6.07) is 5.53. The molecule has 1 heterocycles. The predicted molar refractivity (Wildman–Crippen MR) is 84.5 cm³/mol. The van der Waals surface area contributed by atoms with Crippen LogP contribution in [0.25, 0.3) is 11.1 Å². The Hall–Kier alpha value is -1.46. The van der Waals surface area contributed by atoms with Crippen LogP contribution in [0.2, 0.25) is 5.02 Å². The summed E-state index contributed by atoms with van der Waals surface area (Å²) in [5, 5.41) is 7.29. The number of nitrogens with one attached hydrogen (secondary N) is 1. The fraction of sp³-hybridized carbons (Fsp3) is 0.286. The van der Waals surface area contributed by atoms with Crippen molar-refractivity contribution in [1.82, 2.24) is 10.2 Å². The number of halogens is 1. The minimum atomic E-state index is -1.30. The summed E-state index contributed by atoms with van der Waals surface area (Å²) in [6.45, 7) is 5.65. The standard InChI is InChI=1S/C14H16ClN3OS/c1-14(2,3)20(19)18-9-10-5-4-6-12(15)13(10)11-7-16-17-8-11/h4-9H,1-3H3,(H,16,17)/b18-9+. The molecule has 0 spiro atoms. The Bertz CT molecular complexity index is 645. The first kappa shape index (κ1) is 14.9. The van der Waals surface area contributed by atoms with Gasteiger partial charge in [-0.15, -0.1) is 0 Å². The molecule has 6 heteroatoms. The van der Waals surface area contributed by atoms with Crippen LogP contribution in [-0.2, 0) is 11.0 Å². The molecule has 4 nitrogen and oxygen atoms in total. The zero-order chi connectivity index (χ0) is 14.8. The largest absolute Gasteiger partial charge is 0.285 e. The smallest absolute Gasteiger partial charge is 0.144 e. The number of H-pyrrole nitrogens is 1. The summed E-state index contributed by atoms with van der Waals surface area (Å²) in [4.78, 5) is 0. The van der Waals surface area contributed by atoms with E-state index in [9.17, 15) is 4.21 Å². The van der Waals surface area contributed by atoms with E-state index in [1.54, 1.807) is 18.6 Å². The molecule has 0 aliphatic heterocycles. The molecular formula is C14H16ClN3OS. The number of benzene rings is 1. The maximum atomic E-state index is 12.0. The van der Waals surface area contributed by atoms with Crippen LogP contribution < -0.4 is 0 Å². The maximum absolute atomic E-state index is 12.0. The molecule has 0 saturated heterocycles. The van der Waals surface area contributed by atoms with Gasteiger partial charge in [-0.2, -0.15) is 9.50 Å². The van der Waals surface area contributed by atoms with Crippen molar-refractivity contribution in [3.05, 3.63) is 41.2 Å². The molecule has 0 bridgehead atoms. The van der Waals surface area contributed by atoms with Crippen LogP contribution >= 0.6 is 11.6 Å². The van der Waals surface area contributed by atoms with Crippen molar-refractivity contribution in [2.24, 2.45) is 4.40 Å². The van der Waals surface area contributed by atoms with E-state index in [4.69, 9.17) is 11.6 Å². The van der Waals surface area contributed by atoms with E-state index in [1.165, 1.54) is 0 Å². The lowest BCUT2D eigenvalue weighted by Gasteiger charge is -2.13. The molecule has 1 aromatic heterocycles. The van der Waals surface area contributed by atoms with Crippen LogP contribution in [0.1, 0.15) is 26.3 Å². The van der Waals surface area contributed by atoms with Gasteiger partial charge in [0.2, 0.25) is 0 Å². The first-order valence-electron chi connectivity index (χ1n) is 6.13. The third-order valence-electron chi connectivity index (χ3n) is 2.64. The number of hydrogen-bond acceptors (Lipinski definition) is 2. The van der Waals surface area contributed by atoms with Crippen LogP contribution in [0.4, 0.5) is 0 Å². The van der Waals surface area contributed by atoms with E-state index in [2.05, 4.69) is 14.6 Å². The van der Waals surface area contributed by atoms with Gasteiger partial charge in [0, 0.05) is 34.1 Å². The summed E-state index contributed by atoms with van der Waals surface area (Å²) in [5.41, 5.74) is 2.52.